The maximum Gasteiger partial charge on any atom is 0.229 e. The predicted molar refractivity (Wildman–Crippen MR) is 87.5 cm³/mol. The largest absolute Gasteiger partial charge is 0.424 e. The van der Waals surface area contributed by atoms with E-state index in [4.69, 9.17) is 4.42 Å². The molecule has 0 aliphatic rings. The molecular weight excluding hydrogens is 320 g/mol. The molecule has 1 aromatic heterocycles. The highest BCUT2D eigenvalue weighted by Crippen LogP contribution is 2.30. The van der Waals surface area contributed by atoms with Crippen molar-refractivity contribution in [1.82, 2.24) is 10.2 Å². The zero-order valence-electron chi connectivity index (χ0n) is 13.1. The summed E-state index contributed by atoms with van der Waals surface area (Å²) in [4.78, 5) is 0.372. The molecule has 22 heavy (non-hydrogen) atoms. The normalized spacial score (nSPS) is 13.5. The summed E-state index contributed by atoms with van der Waals surface area (Å²) in [5.41, 5.74) is 1.07. The molecule has 5 nitrogen and oxygen atoms in total. The molecular formula is C15H20N2O3S2. The fourth-order valence-electron chi connectivity index (χ4n) is 1.82. The third-order valence-electron chi connectivity index (χ3n) is 3.26. The fraction of sp³-hybridized carbons (Fsp3) is 0.467. The number of aryl methyl sites for hydroxylation is 1. The van der Waals surface area contributed by atoms with Crippen molar-refractivity contribution in [3.63, 3.8) is 0 Å². The third kappa shape index (κ3) is 3.89. The maximum absolute atomic E-state index is 12.1. The molecule has 0 unspecified atom stereocenters. The van der Waals surface area contributed by atoms with Crippen LogP contribution in [0.4, 0.5) is 0 Å². The van der Waals surface area contributed by atoms with Gasteiger partial charge in [0.1, 0.15) is 0 Å². The Morgan fingerprint density at radius 1 is 1.14 bits per heavy atom. The van der Waals surface area contributed by atoms with Crippen LogP contribution in [-0.2, 0) is 15.6 Å². The van der Waals surface area contributed by atoms with E-state index in [1.165, 1.54) is 0 Å². The fourth-order valence-corrected chi connectivity index (χ4v) is 3.75. The molecule has 0 bridgehead atoms. The number of aromatic nitrogens is 2. The lowest BCUT2D eigenvalue weighted by molar-refractivity contribution is 0.470. The summed E-state index contributed by atoms with van der Waals surface area (Å²) in [5.74, 6) is 1.93. The molecule has 0 spiro atoms. The van der Waals surface area contributed by atoms with Gasteiger partial charge in [-0.1, -0.05) is 12.1 Å². The van der Waals surface area contributed by atoms with Gasteiger partial charge in [-0.15, -0.1) is 22.0 Å². The Bertz CT molecular complexity index is 722. The molecule has 1 aromatic carbocycles. The molecule has 1 atom stereocenters. The summed E-state index contributed by atoms with van der Waals surface area (Å²) in [7, 11) is -3.21. The van der Waals surface area contributed by atoms with Crippen molar-refractivity contribution in [2.24, 2.45) is 0 Å². The van der Waals surface area contributed by atoms with Crippen molar-refractivity contribution in [1.29, 1.82) is 0 Å². The molecule has 0 N–H and O–H groups in total. The smallest absolute Gasteiger partial charge is 0.229 e. The van der Waals surface area contributed by atoms with Crippen LogP contribution >= 0.6 is 11.8 Å². The quantitative estimate of drug-likeness (QED) is 0.800. The van der Waals surface area contributed by atoms with Crippen molar-refractivity contribution in [3.8, 4) is 0 Å². The summed E-state index contributed by atoms with van der Waals surface area (Å²) >= 11 is 1.67. The van der Waals surface area contributed by atoms with Crippen molar-refractivity contribution in [2.45, 2.75) is 48.8 Å². The molecule has 120 valence electrons. The van der Waals surface area contributed by atoms with Crippen LogP contribution < -0.4 is 0 Å². The Labute approximate surface area is 135 Å². The van der Waals surface area contributed by atoms with E-state index in [2.05, 4.69) is 10.2 Å². The highest BCUT2D eigenvalue weighted by Gasteiger charge is 2.19. The van der Waals surface area contributed by atoms with Crippen molar-refractivity contribution in [3.05, 3.63) is 41.6 Å². The van der Waals surface area contributed by atoms with E-state index in [0.29, 0.717) is 16.7 Å². The number of nitrogens with zero attached hydrogens (tertiary/aromatic N) is 2. The van der Waals surface area contributed by atoms with E-state index < -0.39 is 15.1 Å². The van der Waals surface area contributed by atoms with Crippen LogP contribution in [0.2, 0.25) is 0 Å². The van der Waals surface area contributed by atoms with Crippen LogP contribution in [0.5, 0.6) is 0 Å². The van der Waals surface area contributed by atoms with Crippen LogP contribution in [0.25, 0.3) is 0 Å². The third-order valence-corrected chi connectivity index (χ3v) is 6.63. The molecule has 0 aliphatic heterocycles. The van der Waals surface area contributed by atoms with Gasteiger partial charge in [-0.2, -0.15) is 0 Å². The minimum absolute atomic E-state index is 0.0975. The zero-order chi connectivity index (χ0) is 16.3. The monoisotopic (exact) mass is 340 g/mol. The van der Waals surface area contributed by atoms with Crippen LogP contribution in [0, 0.1) is 6.92 Å². The van der Waals surface area contributed by atoms with Crippen LogP contribution in [0.15, 0.2) is 33.6 Å². The lowest BCUT2D eigenvalue weighted by Gasteiger charge is -2.09. The molecule has 0 saturated carbocycles. The number of benzene rings is 1. The van der Waals surface area contributed by atoms with Gasteiger partial charge >= 0.3 is 0 Å². The van der Waals surface area contributed by atoms with Gasteiger partial charge < -0.3 is 4.42 Å². The Morgan fingerprint density at radius 3 is 2.27 bits per heavy atom. The molecule has 2 aromatic rings. The molecule has 0 radical (unpaired) electrons. The van der Waals surface area contributed by atoms with Crippen LogP contribution in [-0.4, -0.2) is 23.9 Å². The minimum atomic E-state index is -3.21. The first-order valence-electron chi connectivity index (χ1n) is 7.05. The topological polar surface area (TPSA) is 73.1 Å². The van der Waals surface area contributed by atoms with Gasteiger partial charge in [0.2, 0.25) is 11.8 Å². The van der Waals surface area contributed by atoms with Crippen molar-refractivity contribution in [2.75, 3.05) is 0 Å². The Balaban J connectivity index is 2.00. The lowest BCUT2D eigenvalue weighted by atomic mass is 10.2. The summed E-state index contributed by atoms with van der Waals surface area (Å²) < 4.78 is 29.5. The average Bonchev–Trinajstić information content (AvgIpc) is 2.91. The second kappa shape index (κ2) is 6.83. The molecule has 0 fully saturated rings. The highest BCUT2D eigenvalue weighted by molar-refractivity contribution is 7.98. The minimum Gasteiger partial charge on any atom is -0.424 e. The second-order valence-electron chi connectivity index (χ2n) is 5.35. The van der Waals surface area contributed by atoms with Crippen LogP contribution in [0.3, 0.4) is 0 Å². The number of hydrogen-bond acceptors (Lipinski definition) is 6. The van der Waals surface area contributed by atoms with E-state index in [9.17, 15) is 8.42 Å². The van der Waals surface area contributed by atoms with Gasteiger partial charge in [-0.05, 0) is 38.5 Å². The molecule has 0 aliphatic carbocycles. The molecule has 0 amide bonds. The summed E-state index contributed by atoms with van der Waals surface area (Å²) in [6, 6.07) is 7.06. The second-order valence-corrected chi connectivity index (χ2v) is 9.18. The molecule has 1 heterocycles. The van der Waals surface area contributed by atoms with Gasteiger partial charge in [-0.3, -0.25) is 0 Å². The van der Waals surface area contributed by atoms with Gasteiger partial charge in [0.25, 0.3) is 0 Å². The first kappa shape index (κ1) is 17.0. The van der Waals surface area contributed by atoms with E-state index in [1.807, 2.05) is 19.1 Å². The summed E-state index contributed by atoms with van der Waals surface area (Å²) in [5, 5.41) is 7.52. The lowest BCUT2D eigenvalue weighted by Crippen LogP contribution is -2.13. The predicted octanol–water partition coefficient (Wildman–Crippen LogP) is 3.55. The summed E-state index contributed by atoms with van der Waals surface area (Å²) in [6.07, 6.45) is 0. The van der Waals surface area contributed by atoms with Crippen LogP contribution in [0.1, 0.15) is 43.4 Å². The summed E-state index contributed by atoms with van der Waals surface area (Å²) in [6.45, 7) is 7.15. The van der Waals surface area contributed by atoms with Crippen molar-refractivity contribution < 1.29 is 12.8 Å². The van der Waals surface area contributed by atoms with E-state index in [0.717, 1.165) is 11.3 Å². The van der Waals surface area contributed by atoms with E-state index >= 15 is 0 Å². The molecule has 7 heteroatoms. The van der Waals surface area contributed by atoms with Gasteiger partial charge in [0.15, 0.2) is 9.84 Å². The Morgan fingerprint density at radius 2 is 1.77 bits per heavy atom. The molecule has 0 saturated heterocycles. The SMILES string of the molecule is Cc1nnc([C@@H](C)SCc2ccc(S(=O)(=O)C(C)C)cc2)o1. The number of sulfone groups is 1. The number of rotatable bonds is 6. The zero-order valence-corrected chi connectivity index (χ0v) is 14.7. The number of thioether (sulfide) groups is 1. The highest BCUT2D eigenvalue weighted by atomic mass is 32.2. The van der Waals surface area contributed by atoms with Crippen molar-refractivity contribution >= 4 is 21.6 Å². The van der Waals surface area contributed by atoms with Gasteiger partial charge in [0.05, 0.1) is 15.4 Å². The van der Waals surface area contributed by atoms with E-state index in [1.54, 1.807) is 44.7 Å². The Hall–Kier alpha value is -1.34. The maximum atomic E-state index is 12.1. The van der Waals surface area contributed by atoms with Gasteiger partial charge in [0, 0.05) is 12.7 Å². The number of hydrogen-bond donors (Lipinski definition) is 0. The first-order chi connectivity index (χ1) is 10.3. The molecule has 2 rings (SSSR count). The standard InChI is InChI=1S/C15H20N2O3S2/c1-10(2)22(18,19)14-7-5-13(6-8-14)9-21-11(3)15-17-16-12(4)20-15/h5-8,10-11H,9H2,1-4H3/t11-/m1/s1. The average molecular weight is 340 g/mol. The van der Waals surface area contributed by atoms with Gasteiger partial charge in [-0.25, -0.2) is 8.42 Å². The first-order valence-corrected chi connectivity index (χ1v) is 9.64. The Kier molecular flexibility index (Phi) is 5.28. The van der Waals surface area contributed by atoms with E-state index in [-0.39, 0.29) is 5.25 Å².